The Hall–Kier alpha value is -0.830. The van der Waals surface area contributed by atoms with Gasteiger partial charge in [0, 0.05) is 29.8 Å². The molecule has 1 aliphatic rings. The summed E-state index contributed by atoms with van der Waals surface area (Å²) in [5.74, 6) is 0.721. The van der Waals surface area contributed by atoms with Crippen LogP contribution in [-0.2, 0) is 6.54 Å². The summed E-state index contributed by atoms with van der Waals surface area (Å²) in [7, 11) is 0. The van der Waals surface area contributed by atoms with Gasteiger partial charge < -0.3 is 5.73 Å². The molecule has 1 aromatic rings. The molecule has 1 heterocycles. The Morgan fingerprint density at radius 3 is 2.79 bits per heavy atom. The maximum absolute atomic E-state index is 5.95. The van der Waals surface area contributed by atoms with E-state index in [1.54, 1.807) is 0 Å². The molecule has 0 saturated heterocycles. The Morgan fingerprint density at radius 2 is 2.36 bits per heavy atom. The van der Waals surface area contributed by atoms with Crippen LogP contribution in [0.15, 0.2) is 6.20 Å². The largest absolute Gasteiger partial charge is 0.324 e. The van der Waals surface area contributed by atoms with Crippen LogP contribution in [0.1, 0.15) is 56.3 Å². The summed E-state index contributed by atoms with van der Waals surface area (Å²) in [5.41, 5.74) is 8.59. The molecule has 0 spiro atoms. The molecule has 0 aliphatic heterocycles. The molecular formula is C11H19N3. The van der Waals surface area contributed by atoms with Crippen LogP contribution in [0.4, 0.5) is 0 Å². The first-order valence-corrected chi connectivity index (χ1v) is 5.55. The van der Waals surface area contributed by atoms with Gasteiger partial charge in [-0.15, -0.1) is 0 Å². The van der Waals surface area contributed by atoms with E-state index in [1.165, 1.54) is 30.5 Å². The molecule has 1 fully saturated rings. The molecule has 0 amide bonds. The van der Waals surface area contributed by atoms with Gasteiger partial charge in [-0.2, -0.15) is 5.10 Å². The number of aryl methyl sites for hydroxylation is 1. The minimum absolute atomic E-state index is 0.117. The molecule has 2 rings (SSSR count). The molecule has 1 aromatic heterocycles. The van der Waals surface area contributed by atoms with E-state index >= 15 is 0 Å². The number of hydrogen-bond acceptors (Lipinski definition) is 2. The van der Waals surface area contributed by atoms with Gasteiger partial charge in [0.15, 0.2) is 0 Å². The molecule has 14 heavy (non-hydrogen) atoms. The summed E-state index contributed by atoms with van der Waals surface area (Å²) in [5, 5.41) is 4.40. The predicted octanol–water partition coefficient (Wildman–Crippen LogP) is 2.19. The fourth-order valence-corrected chi connectivity index (χ4v) is 2.14. The standard InChI is InChI=1S/C11H19N3/c1-3-14-11(9-5-4-6-9)10(7-13-14)8(2)12/h7-9H,3-6,12H2,1-2H3. The Bertz CT molecular complexity index is 310. The number of aromatic nitrogens is 2. The molecule has 1 atom stereocenters. The van der Waals surface area contributed by atoms with Gasteiger partial charge >= 0.3 is 0 Å². The highest BCUT2D eigenvalue weighted by atomic mass is 15.3. The highest BCUT2D eigenvalue weighted by Gasteiger charge is 2.26. The van der Waals surface area contributed by atoms with Gasteiger partial charge in [0.25, 0.3) is 0 Å². The Kier molecular flexibility index (Phi) is 2.59. The first kappa shape index (κ1) is 9.71. The van der Waals surface area contributed by atoms with Crippen LogP contribution in [0, 0.1) is 0 Å². The second-order valence-corrected chi connectivity index (χ2v) is 4.22. The van der Waals surface area contributed by atoms with Crippen molar-refractivity contribution in [2.24, 2.45) is 5.73 Å². The minimum Gasteiger partial charge on any atom is -0.324 e. The average molecular weight is 193 g/mol. The molecule has 3 heteroatoms. The van der Waals surface area contributed by atoms with Gasteiger partial charge in [0.2, 0.25) is 0 Å². The number of nitrogens with two attached hydrogens (primary N) is 1. The van der Waals surface area contributed by atoms with E-state index in [0.29, 0.717) is 0 Å². The number of nitrogens with zero attached hydrogens (tertiary/aromatic N) is 2. The van der Waals surface area contributed by atoms with Crippen molar-refractivity contribution < 1.29 is 0 Å². The number of rotatable bonds is 3. The van der Waals surface area contributed by atoms with Gasteiger partial charge in [-0.3, -0.25) is 4.68 Å². The fraction of sp³-hybridized carbons (Fsp3) is 0.727. The lowest BCUT2D eigenvalue weighted by Crippen LogP contribution is -2.18. The van der Waals surface area contributed by atoms with Crippen LogP contribution in [0.3, 0.4) is 0 Å². The molecule has 3 nitrogen and oxygen atoms in total. The van der Waals surface area contributed by atoms with Crippen molar-refractivity contribution in [2.45, 2.75) is 51.6 Å². The van der Waals surface area contributed by atoms with Gasteiger partial charge in [0.05, 0.1) is 6.20 Å². The van der Waals surface area contributed by atoms with E-state index < -0.39 is 0 Å². The van der Waals surface area contributed by atoms with Gasteiger partial charge in [-0.25, -0.2) is 0 Å². The molecule has 2 N–H and O–H groups in total. The van der Waals surface area contributed by atoms with Crippen LogP contribution in [0.25, 0.3) is 0 Å². The van der Waals surface area contributed by atoms with Crippen LogP contribution in [0.2, 0.25) is 0 Å². The van der Waals surface area contributed by atoms with Crippen molar-refractivity contribution in [1.82, 2.24) is 9.78 Å². The molecular weight excluding hydrogens is 174 g/mol. The van der Waals surface area contributed by atoms with E-state index in [4.69, 9.17) is 5.73 Å². The summed E-state index contributed by atoms with van der Waals surface area (Å²) in [4.78, 5) is 0. The zero-order valence-electron chi connectivity index (χ0n) is 9.03. The van der Waals surface area contributed by atoms with E-state index in [9.17, 15) is 0 Å². The van der Waals surface area contributed by atoms with Crippen LogP contribution >= 0.6 is 0 Å². The van der Waals surface area contributed by atoms with Gasteiger partial charge in [-0.05, 0) is 26.7 Å². The maximum atomic E-state index is 5.95. The SMILES string of the molecule is CCn1ncc(C(C)N)c1C1CCC1. The van der Waals surface area contributed by atoms with Crippen molar-refractivity contribution in [3.63, 3.8) is 0 Å². The second-order valence-electron chi connectivity index (χ2n) is 4.22. The van der Waals surface area contributed by atoms with Gasteiger partial charge in [0.1, 0.15) is 0 Å². The van der Waals surface area contributed by atoms with Crippen LogP contribution in [0.5, 0.6) is 0 Å². The molecule has 1 unspecified atom stereocenters. The fourth-order valence-electron chi connectivity index (χ4n) is 2.14. The third-order valence-corrected chi connectivity index (χ3v) is 3.19. The highest BCUT2D eigenvalue weighted by Crippen LogP contribution is 2.39. The summed E-state index contributed by atoms with van der Waals surface area (Å²) < 4.78 is 2.11. The highest BCUT2D eigenvalue weighted by molar-refractivity contribution is 5.26. The topological polar surface area (TPSA) is 43.8 Å². The lowest BCUT2D eigenvalue weighted by molar-refractivity contribution is 0.387. The summed E-state index contributed by atoms with van der Waals surface area (Å²) in [6, 6.07) is 0.117. The first-order chi connectivity index (χ1) is 6.74. The van der Waals surface area contributed by atoms with E-state index in [0.717, 1.165) is 12.5 Å². The summed E-state index contributed by atoms with van der Waals surface area (Å²) >= 11 is 0. The molecule has 0 radical (unpaired) electrons. The second kappa shape index (κ2) is 3.73. The Balaban J connectivity index is 2.35. The van der Waals surface area contributed by atoms with Crippen LogP contribution < -0.4 is 5.73 Å². The number of hydrogen-bond donors (Lipinski definition) is 1. The molecule has 0 bridgehead atoms. The van der Waals surface area contributed by atoms with E-state index in [-0.39, 0.29) is 6.04 Å². The van der Waals surface area contributed by atoms with E-state index in [1.807, 2.05) is 13.1 Å². The Morgan fingerprint density at radius 1 is 1.64 bits per heavy atom. The van der Waals surface area contributed by atoms with Crippen molar-refractivity contribution in [3.8, 4) is 0 Å². The quantitative estimate of drug-likeness (QED) is 0.799. The Labute approximate surface area is 85.3 Å². The van der Waals surface area contributed by atoms with Crippen molar-refractivity contribution in [2.75, 3.05) is 0 Å². The lowest BCUT2D eigenvalue weighted by atomic mass is 9.80. The van der Waals surface area contributed by atoms with E-state index in [2.05, 4.69) is 16.7 Å². The molecule has 78 valence electrons. The summed E-state index contributed by atoms with van der Waals surface area (Å²) in [6.45, 7) is 5.14. The minimum atomic E-state index is 0.117. The lowest BCUT2D eigenvalue weighted by Gasteiger charge is -2.28. The molecule has 1 saturated carbocycles. The van der Waals surface area contributed by atoms with Crippen molar-refractivity contribution in [1.29, 1.82) is 0 Å². The van der Waals surface area contributed by atoms with Crippen molar-refractivity contribution in [3.05, 3.63) is 17.5 Å². The predicted molar refractivity (Wildman–Crippen MR) is 57.1 cm³/mol. The zero-order valence-corrected chi connectivity index (χ0v) is 9.03. The smallest absolute Gasteiger partial charge is 0.0540 e. The first-order valence-electron chi connectivity index (χ1n) is 5.55. The monoisotopic (exact) mass is 193 g/mol. The maximum Gasteiger partial charge on any atom is 0.0540 e. The molecule has 0 aromatic carbocycles. The summed E-state index contributed by atoms with van der Waals surface area (Å²) in [6.07, 6.45) is 5.93. The third kappa shape index (κ3) is 1.46. The van der Waals surface area contributed by atoms with Crippen molar-refractivity contribution >= 4 is 0 Å². The normalized spacial score (nSPS) is 19.4. The zero-order chi connectivity index (χ0) is 10.1. The molecule has 1 aliphatic carbocycles. The average Bonchev–Trinajstić information content (AvgIpc) is 2.45. The third-order valence-electron chi connectivity index (χ3n) is 3.19. The van der Waals surface area contributed by atoms with Gasteiger partial charge in [-0.1, -0.05) is 6.42 Å². The van der Waals surface area contributed by atoms with Crippen LogP contribution in [-0.4, -0.2) is 9.78 Å².